The van der Waals surface area contributed by atoms with E-state index >= 15 is 0 Å². The number of nitrogens with one attached hydrogen (secondary N) is 1. The number of hydrogen-bond acceptors (Lipinski definition) is 4. The lowest BCUT2D eigenvalue weighted by atomic mass is 10.2. The zero-order valence-corrected chi connectivity index (χ0v) is 11.2. The predicted molar refractivity (Wildman–Crippen MR) is 66.4 cm³/mol. The topological polar surface area (TPSA) is 50.8 Å². The number of rotatable bonds is 3. The van der Waals surface area contributed by atoms with Crippen molar-refractivity contribution in [3.05, 3.63) is 0 Å². The van der Waals surface area contributed by atoms with E-state index in [0.717, 1.165) is 26.0 Å². The molecule has 0 radical (unpaired) electrons. The second-order valence-electron chi connectivity index (χ2n) is 4.61. The van der Waals surface area contributed by atoms with Gasteiger partial charge >= 0.3 is 0 Å². The molecule has 100 valence electrons. The van der Waals surface area contributed by atoms with E-state index in [4.69, 9.17) is 9.47 Å². The number of ether oxygens (including phenoxy) is 2. The average molecular weight is 265 g/mol. The fourth-order valence-electron chi connectivity index (χ4n) is 2.30. The quantitative estimate of drug-likeness (QED) is 0.782. The maximum Gasteiger partial charge on any atom is 0.248 e. The van der Waals surface area contributed by atoms with E-state index < -0.39 is 0 Å². The standard InChI is InChI=1S/C11H20N2O3.ClH/c1-13(2)10(14)7-16-9-4-3-8-11(9)15-6-5-12-8;/h8-9,11-12H,3-7H2,1-2H3;1H/t8-,9+,11+;/m0./s1. The Labute approximate surface area is 108 Å². The molecule has 5 nitrogen and oxygen atoms in total. The minimum atomic E-state index is 0. The van der Waals surface area contributed by atoms with Gasteiger partial charge in [-0.15, -0.1) is 12.4 Å². The Balaban J connectivity index is 0.00000144. The molecule has 0 spiro atoms. The monoisotopic (exact) mass is 264 g/mol. The molecule has 0 aromatic heterocycles. The Morgan fingerprint density at radius 3 is 2.94 bits per heavy atom. The van der Waals surface area contributed by atoms with Gasteiger partial charge in [0.25, 0.3) is 0 Å². The number of amides is 1. The van der Waals surface area contributed by atoms with E-state index in [2.05, 4.69) is 5.32 Å². The molecule has 1 aliphatic carbocycles. The Hall–Kier alpha value is -0.360. The van der Waals surface area contributed by atoms with Gasteiger partial charge in [0.05, 0.1) is 18.8 Å². The lowest BCUT2D eigenvalue weighted by Crippen LogP contribution is -2.49. The van der Waals surface area contributed by atoms with Gasteiger partial charge in [-0.25, -0.2) is 0 Å². The highest BCUT2D eigenvalue weighted by Gasteiger charge is 2.39. The van der Waals surface area contributed by atoms with Gasteiger partial charge in [0, 0.05) is 26.7 Å². The van der Waals surface area contributed by atoms with Gasteiger partial charge in [-0.2, -0.15) is 0 Å². The Kier molecular flexibility index (Phi) is 5.66. The first-order valence-electron chi connectivity index (χ1n) is 5.85. The van der Waals surface area contributed by atoms with Crippen LogP contribution >= 0.6 is 12.4 Å². The van der Waals surface area contributed by atoms with E-state index in [1.165, 1.54) is 0 Å². The molecule has 17 heavy (non-hydrogen) atoms. The number of carbonyl (C=O) groups is 1. The average Bonchev–Trinajstić information content (AvgIpc) is 2.69. The van der Waals surface area contributed by atoms with Crippen molar-refractivity contribution in [1.82, 2.24) is 10.2 Å². The third-order valence-corrected chi connectivity index (χ3v) is 3.26. The van der Waals surface area contributed by atoms with Crippen molar-refractivity contribution in [2.75, 3.05) is 33.9 Å². The van der Waals surface area contributed by atoms with Gasteiger partial charge in [0.2, 0.25) is 5.91 Å². The highest BCUT2D eigenvalue weighted by Crippen LogP contribution is 2.27. The minimum absolute atomic E-state index is 0. The maximum absolute atomic E-state index is 11.4. The van der Waals surface area contributed by atoms with Crippen molar-refractivity contribution in [2.45, 2.75) is 31.1 Å². The predicted octanol–water partition coefficient (Wildman–Crippen LogP) is 0.0324. The summed E-state index contributed by atoms with van der Waals surface area (Å²) in [6, 6.07) is 0.410. The SMILES string of the molecule is CN(C)C(=O)CO[C@@H]1CC[C@@H]2NCCO[C@H]21.Cl. The normalized spacial score (nSPS) is 31.5. The summed E-state index contributed by atoms with van der Waals surface area (Å²) in [5, 5.41) is 3.42. The van der Waals surface area contributed by atoms with E-state index in [9.17, 15) is 4.79 Å². The minimum Gasteiger partial charge on any atom is -0.373 e. The van der Waals surface area contributed by atoms with Crippen molar-refractivity contribution in [2.24, 2.45) is 0 Å². The third-order valence-electron chi connectivity index (χ3n) is 3.26. The second-order valence-corrected chi connectivity index (χ2v) is 4.61. The largest absolute Gasteiger partial charge is 0.373 e. The summed E-state index contributed by atoms with van der Waals surface area (Å²) in [7, 11) is 3.48. The molecule has 1 N–H and O–H groups in total. The van der Waals surface area contributed by atoms with Gasteiger partial charge in [-0.3, -0.25) is 4.79 Å². The second kappa shape index (κ2) is 6.54. The van der Waals surface area contributed by atoms with Crippen LogP contribution in [0.25, 0.3) is 0 Å². The molecule has 0 unspecified atom stereocenters. The van der Waals surface area contributed by atoms with Gasteiger partial charge in [-0.05, 0) is 12.8 Å². The van der Waals surface area contributed by atoms with Crippen LogP contribution in [-0.4, -0.2) is 62.9 Å². The number of carbonyl (C=O) groups excluding carboxylic acids is 1. The summed E-state index contributed by atoms with van der Waals surface area (Å²) in [6.45, 7) is 1.82. The summed E-state index contributed by atoms with van der Waals surface area (Å²) < 4.78 is 11.3. The van der Waals surface area contributed by atoms with E-state index in [0.29, 0.717) is 6.04 Å². The van der Waals surface area contributed by atoms with E-state index in [1.54, 1.807) is 19.0 Å². The summed E-state index contributed by atoms with van der Waals surface area (Å²) >= 11 is 0. The molecule has 6 heteroatoms. The lowest BCUT2D eigenvalue weighted by molar-refractivity contribution is -0.140. The van der Waals surface area contributed by atoms with Crippen molar-refractivity contribution in [3.8, 4) is 0 Å². The Bertz CT molecular complexity index is 263. The third kappa shape index (κ3) is 3.55. The highest BCUT2D eigenvalue weighted by atomic mass is 35.5. The molecular formula is C11H21ClN2O3. The van der Waals surface area contributed by atoms with Crippen molar-refractivity contribution < 1.29 is 14.3 Å². The molecule has 0 aromatic carbocycles. The number of halogens is 1. The summed E-state index contributed by atoms with van der Waals surface area (Å²) in [5.41, 5.74) is 0. The zero-order valence-electron chi connectivity index (χ0n) is 10.3. The number of fused-ring (bicyclic) bond motifs is 1. The molecular weight excluding hydrogens is 244 g/mol. The van der Waals surface area contributed by atoms with Crippen LogP contribution in [0, 0.1) is 0 Å². The van der Waals surface area contributed by atoms with Crippen LogP contribution in [-0.2, 0) is 14.3 Å². The smallest absolute Gasteiger partial charge is 0.248 e. The summed E-state index contributed by atoms with van der Waals surface area (Å²) in [6.07, 6.45) is 2.25. The first-order valence-corrected chi connectivity index (χ1v) is 5.85. The fourth-order valence-corrected chi connectivity index (χ4v) is 2.30. The van der Waals surface area contributed by atoms with E-state index in [-0.39, 0.29) is 37.1 Å². The summed E-state index contributed by atoms with van der Waals surface area (Å²) in [4.78, 5) is 13.0. The number of likely N-dealkylation sites (N-methyl/N-ethyl adjacent to an activating group) is 1. The molecule has 1 aliphatic heterocycles. The lowest BCUT2D eigenvalue weighted by Gasteiger charge is -2.30. The molecule has 1 amide bonds. The zero-order chi connectivity index (χ0) is 11.5. The van der Waals surface area contributed by atoms with Crippen LogP contribution in [0.5, 0.6) is 0 Å². The molecule has 2 rings (SSSR count). The van der Waals surface area contributed by atoms with Gasteiger partial charge in [0.1, 0.15) is 6.61 Å². The first-order chi connectivity index (χ1) is 7.68. The van der Waals surface area contributed by atoms with E-state index in [1.807, 2.05) is 0 Å². The van der Waals surface area contributed by atoms with Gasteiger partial charge < -0.3 is 19.7 Å². The number of nitrogens with zero attached hydrogens (tertiary/aromatic N) is 1. The van der Waals surface area contributed by atoms with Crippen LogP contribution in [0.2, 0.25) is 0 Å². The van der Waals surface area contributed by atoms with Crippen LogP contribution in [0.15, 0.2) is 0 Å². The molecule has 1 saturated heterocycles. The highest BCUT2D eigenvalue weighted by molar-refractivity contribution is 5.85. The molecule has 2 fully saturated rings. The van der Waals surface area contributed by atoms with Crippen molar-refractivity contribution in [1.29, 1.82) is 0 Å². The van der Waals surface area contributed by atoms with Crippen molar-refractivity contribution >= 4 is 18.3 Å². The van der Waals surface area contributed by atoms with Crippen molar-refractivity contribution in [3.63, 3.8) is 0 Å². The number of morpholine rings is 1. The molecule has 2 aliphatic rings. The first kappa shape index (κ1) is 14.7. The maximum atomic E-state index is 11.4. The molecule has 0 bridgehead atoms. The fraction of sp³-hybridized carbons (Fsp3) is 0.909. The Morgan fingerprint density at radius 1 is 1.47 bits per heavy atom. The molecule has 0 aromatic rings. The Morgan fingerprint density at radius 2 is 2.24 bits per heavy atom. The van der Waals surface area contributed by atoms with Gasteiger partial charge in [-0.1, -0.05) is 0 Å². The van der Waals surface area contributed by atoms with Crippen LogP contribution in [0.3, 0.4) is 0 Å². The molecule has 1 saturated carbocycles. The van der Waals surface area contributed by atoms with Crippen LogP contribution < -0.4 is 5.32 Å². The number of hydrogen-bond donors (Lipinski definition) is 1. The molecule has 3 atom stereocenters. The van der Waals surface area contributed by atoms with Crippen LogP contribution in [0.1, 0.15) is 12.8 Å². The summed E-state index contributed by atoms with van der Waals surface area (Å²) in [5.74, 6) is 0.00668. The molecule has 1 heterocycles. The van der Waals surface area contributed by atoms with Crippen LogP contribution in [0.4, 0.5) is 0 Å². The van der Waals surface area contributed by atoms with Gasteiger partial charge in [0.15, 0.2) is 0 Å².